The molecule has 138 valence electrons. The monoisotopic (exact) mass is 346 g/mol. The molecular formula is C21H30O4. The molecule has 25 heavy (non-hydrogen) atoms. The van der Waals surface area contributed by atoms with Gasteiger partial charge in [-0.1, -0.05) is 82.4 Å². The molecule has 1 unspecified atom stereocenters. The van der Waals surface area contributed by atoms with Gasteiger partial charge in [-0.2, -0.15) is 0 Å². The number of esters is 1. The molecule has 1 aromatic rings. The summed E-state index contributed by atoms with van der Waals surface area (Å²) in [6.45, 7) is 5.73. The fourth-order valence-electron chi connectivity index (χ4n) is 2.72. The molecule has 0 aliphatic carbocycles. The smallest absolute Gasteiger partial charge is 0.334 e. The number of benzene rings is 1. The molecule has 0 bridgehead atoms. The van der Waals surface area contributed by atoms with Gasteiger partial charge in [-0.15, -0.1) is 0 Å². The highest BCUT2D eigenvalue weighted by Crippen LogP contribution is 2.25. The second kappa shape index (κ2) is 12.3. The Balaban J connectivity index is 2.52. The quantitative estimate of drug-likeness (QED) is 0.293. The summed E-state index contributed by atoms with van der Waals surface area (Å²) < 4.78 is 5.54. The van der Waals surface area contributed by atoms with Gasteiger partial charge in [0.15, 0.2) is 0 Å². The van der Waals surface area contributed by atoms with Gasteiger partial charge in [-0.25, -0.2) is 4.79 Å². The van der Waals surface area contributed by atoms with Gasteiger partial charge in [0.05, 0.1) is 6.42 Å². The van der Waals surface area contributed by atoms with Crippen LogP contribution in [0.25, 0.3) is 0 Å². The SMILES string of the molecule is C=C(CC(=O)O)C(=O)OC(CCCCCCCCC)c1ccccc1. The summed E-state index contributed by atoms with van der Waals surface area (Å²) in [4.78, 5) is 22.8. The average molecular weight is 346 g/mol. The predicted octanol–water partition coefficient (Wildman–Crippen LogP) is 5.44. The number of hydrogen-bond acceptors (Lipinski definition) is 3. The zero-order valence-corrected chi connectivity index (χ0v) is 15.2. The summed E-state index contributed by atoms with van der Waals surface area (Å²) >= 11 is 0. The van der Waals surface area contributed by atoms with Crippen molar-refractivity contribution in [3.05, 3.63) is 48.0 Å². The van der Waals surface area contributed by atoms with Crippen molar-refractivity contribution in [2.75, 3.05) is 0 Å². The molecule has 0 aliphatic heterocycles. The number of hydrogen-bond donors (Lipinski definition) is 1. The molecule has 1 aromatic carbocycles. The first kappa shape index (κ1) is 20.9. The molecule has 0 amide bonds. The number of ether oxygens (including phenoxy) is 1. The Bertz CT molecular complexity index is 536. The van der Waals surface area contributed by atoms with Crippen LogP contribution in [0.1, 0.15) is 76.4 Å². The minimum atomic E-state index is -1.08. The van der Waals surface area contributed by atoms with Crippen LogP contribution in [-0.2, 0) is 14.3 Å². The minimum absolute atomic E-state index is 0.0204. The maximum Gasteiger partial charge on any atom is 0.334 e. The van der Waals surface area contributed by atoms with Crippen molar-refractivity contribution in [3.8, 4) is 0 Å². The summed E-state index contributed by atoms with van der Waals surface area (Å²) in [6.07, 6.45) is 8.34. The van der Waals surface area contributed by atoms with Crippen molar-refractivity contribution in [3.63, 3.8) is 0 Å². The number of carbonyl (C=O) groups is 2. The Hall–Kier alpha value is -2.10. The van der Waals surface area contributed by atoms with Gasteiger partial charge < -0.3 is 9.84 Å². The van der Waals surface area contributed by atoms with Crippen LogP contribution in [0.15, 0.2) is 42.5 Å². The maximum absolute atomic E-state index is 12.1. The van der Waals surface area contributed by atoms with E-state index in [4.69, 9.17) is 9.84 Å². The number of aliphatic carboxylic acids is 1. The average Bonchev–Trinajstić information content (AvgIpc) is 2.60. The van der Waals surface area contributed by atoms with Crippen LogP contribution in [0.5, 0.6) is 0 Å². The first-order chi connectivity index (χ1) is 12.0. The first-order valence-electron chi connectivity index (χ1n) is 9.20. The molecule has 0 saturated heterocycles. The van der Waals surface area contributed by atoms with Gasteiger partial charge in [-0.3, -0.25) is 4.79 Å². The fraction of sp³-hybridized carbons (Fsp3) is 0.524. The second-order valence-corrected chi connectivity index (χ2v) is 6.39. The molecule has 4 nitrogen and oxygen atoms in total. The van der Waals surface area contributed by atoms with Crippen LogP contribution in [0.4, 0.5) is 0 Å². The number of carboxylic acids is 1. The molecule has 0 saturated carbocycles. The zero-order chi connectivity index (χ0) is 18.5. The molecule has 0 aromatic heterocycles. The number of carboxylic acid groups (broad SMARTS) is 1. The van der Waals surface area contributed by atoms with E-state index < -0.39 is 18.4 Å². The topological polar surface area (TPSA) is 63.6 Å². The lowest BCUT2D eigenvalue weighted by molar-refractivity contribution is -0.147. The standard InChI is InChI=1S/C21H30O4/c1-3-4-5-6-7-8-12-15-19(18-13-10-9-11-14-18)25-21(24)17(2)16-20(22)23/h9-11,13-14,19H,2-8,12,15-16H2,1H3,(H,22,23). The van der Waals surface area contributed by atoms with Crippen LogP contribution in [-0.4, -0.2) is 17.0 Å². The maximum atomic E-state index is 12.1. The molecule has 0 aliphatic rings. The van der Waals surface area contributed by atoms with Crippen molar-refractivity contribution in [1.82, 2.24) is 0 Å². The summed E-state index contributed by atoms with van der Waals surface area (Å²) in [7, 11) is 0. The summed E-state index contributed by atoms with van der Waals surface area (Å²) in [6, 6.07) is 9.59. The Labute approximate surface area is 150 Å². The minimum Gasteiger partial charge on any atom is -0.481 e. The fourth-order valence-corrected chi connectivity index (χ4v) is 2.72. The molecule has 0 heterocycles. The predicted molar refractivity (Wildman–Crippen MR) is 99.3 cm³/mol. The molecule has 0 fully saturated rings. The number of unbranched alkanes of at least 4 members (excludes halogenated alkanes) is 6. The lowest BCUT2D eigenvalue weighted by Crippen LogP contribution is -2.15. The second-order valence-electron chi connectivity index (χ2n) is 6.39. The third kappa shape index (κ3) is 9.08. The largest absolute Gasteiger partial charge is 0.481 e. The summed E-state index contributed by atoms with van der Waals surface area (Å²) in [5.74, 6) is -1.70. The number of carbonyl (C=O) groups excluding carboxylic acids is 1. The van der Waals surface area contributed by atoms with Gasteiger partial charge in [-0.05, 0) is 18.4 Å². The molecule has 1 atom stereocenters. The third-order valence-corrected chi connectivity index (χ3v) is 4.14. The Kier molecular flexibility index (Phi) is 10.3. The van der Waals surface area contributed by atoms with Crippen molar-refractivity contribution < 1.29 is 19.4 Å². The number of rotatable bonds is 13. The van der Waals surface area contributed by atoms with Gasteiger partial charge in [0.1, 0.15) is 6.10 Å². The van der Waals surface area contributed by atoms with Crippen molar-refractivity contribution in [2.45, 2.75) is 70.8 Å². The highest BCUT2D eigenvalue weighted by atomic mass is 16.5. The molecule has 0 radical (unpaired) electrons. The van der Waals surface area contributed by atoms with E-state index in [1.165, 1.54) is 32.1 Å². The Morgan fingerprint density at radius 2 is 1.64 bits per heavy atom. The van der Waals surface area contributed by atoms with E-state index in [0.29, 0.717) is 0 Å². The van der Waals surface area contributed by atoms with E-state index in [9.17, 15) is 9.59 Å². The van der Waals surface area contributed by atoms with E-state index in [2.05, 4.69) is 13.5 Å². The summed E-state index contributed by atoms with van der Waals surface area (Å²) in [5, 5.41) is 8.78. The van der Waals surface area contributed by atoms with E-state index >= 15 is 0 Å². The van der Waals surface area contributed by atoms with E-state index in [0.717, 1.165) is 24.8 Å². The molecule has 1 N–H and O–H groups in total. The lowest BCUT2D eigenvalue weighted by atomic mass is 10.0. The van der Waals surface area contributed by atoms with E-state index in [-0.39, 0.29) is 11.7 Å². The van der Waals surface area contributed by atoms with Gasteiger partial charge in [0.2, 0.25) is 0 Å². The van der Waals surface area contributed by atoms with Crippen molar-refractivity contribution in [1.29, 1.82) is 0 Å². The zero-order valence-electron chi connectivity index (χ0n) is 15.2. The van der Waals surface area contributed by atoms with Gasteiger partial charge in [0.25, 0.3) is 0 Å². The normalized spacial score (nSPS) is 11.7. The molecular weight excluding hydrogens is 316 g/mol. The van der Waals surface area contributed by atoms with E-state index in [1.807, 2.05) is 30.3 Å². The highest BCUT2D eigenvalue weighted by Gasteiger charge is 2.19. The van der Waals surface area contributed by atoms with E-state index in [1.54, 1.807) is 0 Å². The van der Waals surface area contributed by atoms with Crippen LogP contribution in [0.3, 0.4) is 0 Å². The highest BCUT2D eigenvalue weighted by molar-refractivity contribution is 5.92. The van der Waals surface area contributed by atoms with Gasteiger partial charge in [0, 0.05) is 5.57 Å². The van der Waals surface area contributed by atoms with Crippen LogP contribution in [0, 0.1) is 0 Å². The Morgan fingerprint density at radius 3 is 2.24 bits per heavy atom. The van der Waals surface area contributed by atoms with Crippen LogP contribution in [0.2, 0.25) is 0 Å². The summed E-state index contributed by atoms with van der Waals surface area (Å²) in [5.41, 5.74) is 0.915. The lowest BCUT2D eigenvalue weighted by Gasteiger charge is -2.19. The third-order valence-electron chi connectivity index (χ3n) is 4.14. The molecule has 1 rings (SSSR count). The van der Waals surface area contributed by atoms with Crippen LogP contribution < -0.4 is 0 Å². The Morgan fingerprint density at radius 1 is 1.04 bits per heavy atom. The van der Waals surface area contributed by atoms with Crippen molar-refractivity contribution >= 4 is 11.9 Å². The first-order valence-corrected chi connectivity index (χ1v) is 9.20. The van der Waals surface area contributed by atoms with Crippen molar-refractivity contribution in [2.24, 2.45) is 0 Å². The molecule has 0 spiro atoms. The molecule has 4 heteroatoms. The van der Waals surface area contributed by atoms with Gasteiger partial charge >= 0.3 is 11.9 Å². The van der Waals surface area contributed by atoms with Crippen LogP contribution >= 0.6 is 0 Å².